The Morgan fingerprint density at radius 3 is 2.40 bits per heavy atom. The van der Waals surface area contributed by atoms with Gasteiger partial charge in [-0.05, 0) is 56.5 Å². The average molecular weight is 500 g/mol. The number of fused-ring (bicyclic) bond motifs is 2. The number of nitrogens with zero attached hydrogens (tertiary/aromatic N) is 1. The Hall–Kier alpha value is -2.28. The van der Waals surface area contributed by atoms with Crippen LogP contribution in [0.3, 0.4) is 0 Å². The van der Waals surface area contributed by atoms with Crippen LogP contribution in [0, 0.1) is 0 Å². The number of pyridine rings is 1. The number of aliphatic hydroxyl groups is 1. The van der Waals surface area contributed by atoms with Gasteiger partial charge in [0.05, 0.1) is 5.52 Å². The summed E-state index contributed by atoms with van der Waals surface area (Å²) in [5, 5.41) is 8.96. The first-order valence-corrected chi connectivity index (χ1v) is 14.1. The topological polar surface area (TPSA) is 74.6 Å². The fraction of sp³-hybridized carbons (Fsp3) is 0.483. The van der Waals surface area contributed by atoms with Crippen molar-refractivity contribution in [2.24, 2.45) is 0 Å². The Balaban J connectivity index is 0.000000273. The summed E-state index contributed by atoms with van der Waals surface area (Å²) in [6, 6.07) is 18.1. The summed E-state index contributed by atoms with van der Waals surface area (Å²) in [4.78, 5) is 4.18. The highest BCUT2D eigenvalue weighted by Crippen LogP contribution is 2.33. The molecule has 6 heteroatoms. The summed E-state index contributed by atoms with van der Waals surface area (Å²) in [5.74, 6) is 2.45. The predicted octanol–water partition coefficient (Wildman–Crippen LogP) is 6.69. The molecule has 1 aliphatic rings. The molecule has 0 spiro atoms. The molecular weight excluding hydrogens is 458 g/mol. The zero-order valence-electron chi connectivity index (χ0n) is 21.4. The van der Waals surface area contributed by atoms with E-state index in [-0.39, 0.29) is 11.9 Å². The molecular formula is C29H41NO4S. The molecule has 0 saturated carbocycles. The SMILES string of the molecule is CCCCCCCC[S+]([O-])C(C)Cc1ccc2c(c1)OCO2.CCO.c1ccc2ncccc2c1. The number of ether oxygens (including phenoxy) is 2. The van der Waals surface area contributed by atoms with Gasteiger partial charge in [0.1, 0.15) is 11.0 Å². The molecule has 2 atom stereocenters. The lowest BCUT2D eigenvalue weighted by atomic mass is 10.1. The standard InChI is InChI=1S/C18H28O3S.C9H7N.C2H6O/c1-3-4-5-6-7-8-11-22(19)15(2)12-16-9-10-17-18(13-16)21-14-20-17;1-2-6-9-8(4-1)5-3-7-10-9;1-2-3/h9-10,13,15H,3-8,11-12,14H2,1-2H3;1-7H;3H,2H2,1H3. The minimum atomic E-state index is -0.743. The molecule has 5 nitrogen and oxygen atoms in total. The fourth-order valence-electron chi connectivity index (χ4n) is 3.73. The van der Waals surface area contributed by atoms with E-state index in [1.54, 1.807) is 6.92 Å². The van der Waals surface area contributed by atoms with Gasteiger partial charge in [0.15, 0.2) is 11.5 Å². The van der Waals surface area contributed by atoms with Crippen LogP contribution in [0.1, 0.15) is 64.9 Å². The Kier molecular flexibility index (Phi) is 14.2. The highest BCUT2D eigenvalue weighted by atomic mass is 32.2. The fourth-order valence-corrected chi connectivity index (χ4v) is 5.00. The number of hydrogen-bond acceptors (Lipinski definition) is 5. The molecule has 0 bridgehead atoms. The van der Waals surface area contributed by atoms with E-state index in [2.05, 4.69) is 31.0 Å². The van der Waals surface area contributed by atoms with Gasteiger partial charge < -0.3 is 19.1 Å². The number of benzene rings is 2. The van der Waals surface area contributed by atoms with E-state index in [0.717, 1.165) is 35.6 Å². The van der Waals surface area contributed by atoms with Crippen molar-refractivity contribution in [3.8, 4) is 11.5 Å². The average Bonchev–Trinajstić information content (AvgIpc) is 3.35. The number of unbranched alkanes of at least 4 members (excludes halogenated alkanes) is 5. The molecule has 0 saturated heterocycles. The quantitative estimate of drug-likeness (QED) is 0.248. The first-order valence-electron chi connectivity index (χ1n) is 12.7. The smallest absolute Gasteiger partial charge is 0.231 e. The maximum absolute atomic E-state index is 12.3. The zero-order chi connectivity index (χ0) is 25.3. The summed E-state index contributed by atoms with van der Waals surface area (Å²) in [6.45, 7) is 6.54. The van der Waals surface area contributed by atoms with Crippen molar-refractivity contribution in [3.05, 3.63) is 66.4 Å². The van der Waals surface area contributed by atoms with Gasteiger partial charge in [-0.25, -0.2) is 0 Å². The number of para-hydroxylation sites is 1. The van der Waals surface area contributed by atoms with Crippen LogP contribution in [0.25, 0.3) is 10.9 Å². The summed E-state index contributed by atoms with van der Waals surface area (Å²) in [7, 11) is 0. The summed E-state index contributed by atoms with van der Waals surface area (Å²) in [6.07, 6.45) is 10.1. The third-order valence-corrected chi connectivity index (χ3v) is 7.38. The van der Waals surface area contributed by atoms with E-state index in [0.29, 0.717) is 6.79 Å². The second kappa shape index (κ2) is 17.2. The molecule has 1 N–H and O–H groups in total. The number of aromatic nitrogens is 1. The minimum absolute atomic E-state index is 0.191. The summed E-state index contributed by atoms with van der Waals surface area (Å²) < 4.78 is 23.0. The van der Waals surface area contributed by atoms with Crippen molar-refractivity contribution in [2.75, 3.05) is 19.2 Å². The minimum Gasteiger partial charge on any atom is -0.616 e. The van der Waals surface area contributed by atoms with Crippen LogP contribution >= 0.6 is 0 Å². The van der Waals surface area contributed by atoms with Crippen LogP contribution in [0.15, 0.2) is 60.8 Å². The van der Waals surface area contributed by atoms with E-state index in [1.165, 1.54) is 43.1 Å². The van der Waals surface area contributed by atoms with E-state index < -0.39 is 11.2 Å². The summed E-state index contributed by atoms with van der Waals surface area (Å²) >= 11 is -0.743. The molecule has 2 aromatic carbocycles. The van der Waals surface area contributed by atoms with Crippen LogP contribution in [0.5, 0.6) is 11.5 Å². The van der Waals surface area contributed by atoms with Crippen LogP contribution in [0.4, 0.5) is 0 Å². The molecule has 2 unspecified atom stereocenters. The molecule has 2 heterocycles. The third kappa shape index (κ3) is 10.9. The molecule has 192 valence electrons. The highest BCUT2D eigenvalue weighted by Gasteiger charge is 2.19. The number of aliphatic hydroxyl groups excluding tert-OH is 1. The van der Waals surface area contributed by atoms with Crippen molar-refractivity contribution in [3.63, 3.8) is 0 Å². The third-order valence-electron chi connectivity index (χ3n) is 5.62. The largest absolute Gasteiger partial charge is 0.616 e. The second-order valence-electron chi connectivity index (χ2n) is 8.57. The van der Waals surface area contributed by atoms with Gasteiger partial charge in [0.25, 0.3) is 0 Å². The van der Waals surface area contributed by atoms with Gasteiger partial charge in [-0.3, -0.25) is 4.98 Å². The van der Waals surface area contributed by atoms with Crippen LogP contribution in [-0.2, 0) is 17.6 Å². The molecule has 0 radical (unpaired) electrons. The molecule has 0 fully saturated rings. The molecule has 1 aromatic heterocycles. The van der Waals surface area contributed by atoms with Crippen LogP contribution in [-0.4, -0.2) is 39.0 Å². The zero-order valence-corrected chi connectivity index (χ0v) is 22.3. The van der Waals surface area contributed by atoms with Crippen LogP contribution < -0.4 is 9.47 Å². The lowest BCUT2D eigenvalue weighted by molar-refractivity contribution is 0.174. The van der Waals surface area contributed by atoms with Gasteiger partial charge >= 0.3 is 0 Å². The summed E-state index contributed by atoms with van der Waals surface area (Å²) in [5.41, 5.74) is 2.23. The van der Waals surface area contributed by atoms with Gasteiger partial charge in [0.2, 0.25) is 6.79 Å². The van der Waals surface area contributed by atoms with Crippen molar-refractivity contribution in [2.45, 2.75) is 71.0 Å². The molecule has 4 rings (SSSR count). The van der Waals surface area contributed by atoms with Gasteiger partial charge in [-0.15, -0.1) is 0 Å². The van der Waals surface area contributed by atoms with Gasteiger partial charge in [-0.1, -0.05) is 74.1 Å². The monoisotopic (exact) mass is 499 g/mol. The Labute approximate surface area is 214 Å². The second-order valence-corrected chi connectivity index (χ2v) is 10.5. The van der Waals surface area contributed by atoms with Crippen LogP contribution in [0.2, 0.25) is 0 Å². The first kappa shape index (κ1) is 29.0. The van der Waals surface area contributed by atoms with E-state index in [9.17, 15) is 4.55 Å². The van der Waals surface area contributed by atoms with Crippen molar-refractivity contribution >= 4 is 22.1 Å². The molecule has 3 aromatic rings. The lowest BCUT2D eigenvalue weighted by Crippen LogP contribution is -2.23. The molecule has 0 aliphatic carbocycles. The van der Waals surface area contributed by atoms with Crippen molar-refractivity contribution < 1.29 is 19.1 Å². The highest BCUT2D eigenvalue weighted by molar-refractivity contribution is 7.91. The molecule has 35 heavy (non-hydrogen) atoms. The Bertz CT molecular complexity index is 903. The predicted molar refractivity (Wildman–Crippen MR) is 147 cm³/mol. The molecule has 1 aliphatic heterocycles. The van der Waals surface area contributed by atoms with Gasteiger partial charge in [-0.2, -0.15) is 0 Å². The van der Waals surface area contributed by atoms with E-state index in [4.69, 9.17) is 14.6 Å². The normalized spacial score (nSPS) is 13.3. The Morgan fingerprint density at radius 2 is 1.63 bits per heavy atom. The van der Waals surface area contributed by atoms with Crippen molar-refractivity contribution in [1.29, 1.82) is 0 Å². The maximum Gasteiger partial charge on any atom is 0.231 e. The molecule has 0 amide bonds. The lowest BCUT2D eigenvalue weighted by Gasteiger charge is -2.18. The van der Waals surface area contributed by atoms with E-state index >= 15 is 0 Å². The van der Waals surface area contributed by atoms with Crippen molar-refractivity contribution in [1.82, 2.24) is 4.98 Å². The number of hydrogen-bond donors (Lipinski definition) is 1. The Morgan fingerprint density at radius 1 is 0.943 bits per heavy atom. The van der Waals surface area contributed by atoms with Gasteiger partial charge in [0, 0.05) is 24.6 Å². The first-order chi connectivity index (χ1) is 17.1. The number of rotatable bonds is 10. The maximum atomic E-state index is 12.3. The van der Waals surface area contributed by atoms with E-state index in [1.807, 2.05) is 48.7 Å².